The van der Waals surface area contributed by atoms with E-state index >= 15 is 0 Å². The van der Waals surface area contributed by atoms with Crippen LogP contribution in [0, 0.1) is 12.8 Å². The van der Waals surface area contributed by atoms with Crippen molar-refractivity contribution < 1.29 is 5.11 Å². The van der Waals surface area contributed by atoms with Gasteiger partial charge in [0.2, 0.25) is 0 Å². The van der Waals surface area contributed by atoms with Gasteiger partial charge in [0.1, 0.15) is 5.69 Å². The fourth-order valence-corrected chi connectivity index (χ4v) is 1.84. The lowest BCUT2D eigenvalue weighted by Gasteiger charge is -2.25. The minimum Gasteiger partial charge on any atom is -0.390 e. The Morgan fingerprint density at radius 1 is 1.50 bits per heavy atom. The van der Waals surface area contributed by atoms with Gasteiger partial charge in [-0.3, -0.25) is 0 Å². The molecule has 0 unspecified atom stereocenters. The van der Waals surface area contributed by atoms with Crippen LogP contribution in [0.15, 0.2) is 0 Å². The second-order valence-electron chi connectivity index (χ2n) is 4.09. The molecule has 0 spiro atoms. The van der Waals surface area contributed by atoms with Gasteiger partial charge in [0.25, 0.3) is 0 Å². The third-order valence-electron chi connectivity index (χ3n) is 3.20. The molecule has 4 heteroatoms. The number of aliphatic hydroxyl groups is 1. The summed E-state index contributed by atoms with van der Waals surface area (Å²) < 4.78 is 1.91. The van der Waals surface area contributed by atoms with Gasteiger partial charge in [-0.2, -0.15) is 0 Å². The van der Waals surface area contributed by atoms with Crippen LogP contribution in [0.4, 0.5) is 0 Å². The Morgan fingerprint density at radius 3 is 2.79 bits per heavy atom. The van der Waals surface area contributed by atoms with E-state index in [9.17, 15) is 0 Å². The summed E-state index contributed by atoms with van der Waals surface area (Å²) in [6.07, 6.45) is 5.35. The Balaban J connectivity index is 1.91. The molecule has 0 atom stereocenters. The van der Waals surface area contributed by atoms with E-state index in [0.29, 0.717) is 5.69 Å². The summed E-state index contributed by atoms with van der Waals surface area (Å²) >= 11 is 0. The van der Waals surface area contributed by atoms with Gasteiger partial charge in [-0.1, -0.05) is 24.5 Å². The van der Waals surface area contributed by atoms with Gasteiger partial charge in [-0.15, -0.1) is 5.10 Å². The first-order valence-corrected chi connectivity index (χ1v) is 5.31. The summed E-state index contributed by atoms with van der Waals surface area (Å²) in [5.74, 6) is 0.899. The van der Waals surface area contributed by atoms with E-state index < -0.39 is 0 Å². The molecule has 2 rings (SSSR count). The molecule has 1 aromatic rings. The molecule has 0 aromatic carbocycles. The smallest absolute Gasteiger partial charge is 0.111 e. The highest BCUT2D eigenvalue weighted by atomic mass is 16.3. The van der Waals surface area contributed by atoms with E-state index in [-0.39, 0.29) is 6.61 Å². The number of aryl methyl sites for hydroxylation is 1. The lowest BCUT2D eigenvalue weighted by Crippen LogP contribution is -2.15. The highest BCUT2D eigenvalue weighted by molar-refractivity contribution is 5.05. The lowest BCUT2D eigenvalue weighted by molar-refractivity contribution is 0.274. The minimum atomic E-state index is -0.00470. The first-order valence-electron chi connectivity index (χ1n) is 5.31. The molecule has 0 radical (unpaired) electrons. The molecule has 0 saturated heterocycles. The van der Waals surface area contributed by atoms with Crippen molar-refractivity contribution in [3.8, 4) is 0 Å². The quantitative estimate of drug-likeness (QED) is 0.787. The maximum Gasteiger partial charge on any atom is 0.111 e. The zero-order valence-electron chi connectivity index (χ0n) is 8.61. The van der Waals surface area contributed by atoms with Crippen molar-refractivity contribution in [3.63, 3.8) is 0 Å². The van der Waals surface area contributed by atoms with Crippen molar-refractivity contribution in [1.82, 2.24) is 15.0 Å². The van der Waals surface area contributed by atoms with Crippen molar-refractivity contribution in [3.05, 3.63) is 11.4 Å². The second kappa shape index (κ2) is 4.09. The Bertz CT molecular complexity index is 304. The third-order valence-corrected chi connectivity index (χ3v) is 3.20. The van der Waals surface area contributed by atoms with Crippen LogP contribution in [0.25, 0.3) is 0 Å². The summed E-state index contributed by atoms with van der Waals surface area (Å²) in [7, 11) is 0. The van der Waals surface area contributed by atoms with Crippen LogP contribution in [-0.2, 0) is 13.2 Å². The number of aliphatic hydroxyl groups excluding tert-OH is 1. The molecule has 14 heavy (non-hydrogen) atoms. The molecule has 0 amide bonds. The second-order valence-corrected chi connectivity index (χ2v) is 4.09. The normalized spacial score (nSPS) is 17.0. The number of hydrogen-bond acceptors (Lipinski definition) is 3. The summed E-state index contributed by atoms with van der Waals surface area (Å²) in [4.78, 5) is 0. The summed E-state index contributed by atoms with van der Waals surface area (Å²) in [5, 5.41) is 16.9. The molecule has 0 aliphatic heterocycles. The first-order chi connectivity index (χ1) is 6.81. The molecule has 4 nitrogen and oxygen atoms in total. The number of nitrogens with zero attached hydrogens (tertiary/aromatic N) is 3. The Morgan fingerprint density at radius 2 is 2.29 bits per heavy atom. The van der Waals surface area contributed by atoms with Crippen LogP contribution in [0.1, 0.15) is 37.1 Å². The van der Waals surface area contributed by atoms with E-state index in [1.807, 2.05) is 11.6 Å². The number of aromatic nitrogens is 3. The fourth-order valence-electron chi connectivity index (χ4n) is 1.84. The zero-order valence-corrected chi connectivity index (χ0v) is 8.61. The Labute approximate surface area is 83.9 Å². The molecule has 0 bridgehead atoms. The van der Waals surface area contributed by atoms with E-state index in [0.717, 1.165) is 18.2 Å². The zero-order chi connectivity index (χ0) is 9.97. The van der Waals surface area contributed by atoms with Crippen LogP contribution in [-0.4, -0.2) is 20.1 Å². The monoisotopic (exact) mass is 195 g/mol. The topological polar surface area (TPSA) is 50.9 Å². The molecule has 78 valence electrons. The van der Waals surface area contributed by atoms with Gasteiger partial charge in [-0.05, 0) is 19.3 Å². The predicted molar refractivity (Wildman–Crippen MR) is 52.6 cm³/mol. The molecule has 1 fully saturated rings. The van der Waals surface area contributed by atoms with Crippen molar-refractivity contribution >= 4 is 0 Å². The van der Waals surface area contributed by atoms with Crippen molar-refractivity contribution in [2.24, 2.45) is 5.92 Å². The average Bonchev–Trinajstić information content (AvgIpc) is 2.45. The van der Waals surface area contributed by atoms with E-state index in [1.54, 1.807) is 0 Å². The molecule has 1 aromatic heterocycles. The molecular formula is C10H17N3O. The highest BCUT2D eigenvalue weighted by Crippen LogP contribution is 2.29. The van der Waals surface area contributed by atoms with Gasteiger partial charge in [0, 0.05) is 6.54 Å². The highest BCUT2D eigenvalue weighted by Gasteiger charge is 2.17. The van der Waals surface area contributed by atoms with Gasteiger partial charge < -0.3 is 5.11 Å². The minimum absolute atomic E-state index is 0.00470. The van der Waals surface area contributed by atoms with E-state index in [2.05, 4.69) is 10.3 Å². The van der Waals surface area contributed by atoms with Crippen LogP contribution < -0.4 is 0 Å². The fraction of sp³-hybridized carbons (Fsp3) is 0.800. The Kier molecular flexibility index (Phi) is 2.82. The predicted octanol–water partition coefficient (Wildman–Crippen LogP) is 1.27. The molecule has 1 aliphatic rings. The van der Waals surface area contributed by atoms with Crippen LogP contribution in [0.5, 0.6) is 0 Å². The number of rotatable bonds is 4. The van der Waals surface area contributed by atoms with Gasteiger partial charge in [0.05, 0.1) is 12.3 Å². The molecule has 1 heterocycles. The van der Waals surface area contributed by atoms with Gasteiger partial charge in [0.15, 0.2) is 0 Å². The standard InChI is InChI=1S/C10H17N3O/c1-8-10(7-14)11-12-13(8)6-5-9-3-2-4-9/h9,14H,2-7H2,1H3. The summed E-state index contributed by atoms with van der Waals surface area (Å²) in [5.41, 5.74) is 1.71. The average molecular weight is 195 g/mol. The number of hydrogen-bond donors (Lipinski definition) is 1. The third kappa shape index (κ3) is 1.80. The van der Waals surface area contributed by atoms with Gasteiger partial charge in [-0.25, -0.2) is 4.68 Å². The lowest BCUT2D eigenvalue weighted by atomic mass is 9.83. The maximum atomic E-state index is 8.95. The van der Waals surface area contributed by atoms with E-state index in [1.165, 1.54) is 25.7 Å². The van der Waals surface area contributed by atoms with Crippen molar-refractivity contribution in [2.45, 2.75) is 45.8 Å². The largest absolute Gasteiger partial charge is 0.390 e. The molecule has 1 saturated carbocycles. The van der Waals surface area contributed by atoms with E-state index in [4.69, 9.17) is 5.11 Å². The molecule has 1 aliphatic carbocycles. The molecular weight excluding hydrogens is 178 g/mol. The van der Waals surface area contributed by atoms with Gasteiger partial charge >= 0.3 is 0 Å². The van der Waals surface area contributed by atoms with Crippen molar-refractivity contribution in [2.75, 3.05) is 0 Å². The SMILES string of the molecule is Cc1c(CO)nnn1CCC1CCC1. The maximum absolute atomic E-state index is 8.95. The summed E-state index contributed by atoms with van der Waals surface area (Å²) in [6.45, 7) is 2.91. The Hall–Kier alpha value is -0.900. The molecule has 1 N–H and O–H groups in total. The van der Waals surface area contributed by atoms with Crippen molar-refractivity contribution in [1.29, 1.82) is 0 Å². The van der Waals surface area contributed by atoms with Crippen LogP contribution in [0.3, 0.4) is 0 Å². The van der Waals surface area contributed by atoms with Crippen LogP contribution >= 0.6 is 0 Å². The van der Waals surface area contributed by atoms with Crippen LogP contribution in [0.2, 0.25) is 0 Å². The first kappa shape index (κ1) is 9.65. The summed E-state index contributed by atoms with van der Waals surface area (Å²) in [6, 6.07) is 0.